The molecule has 2 aliphatic heterocycles. The molecule has 5 nitrogen and oxygen atoms in total. The second-order valence-corrected chi connectivity index (χ2v) is 15.2. The molecular weight excluding hydrogens is 561 g/mol. The van der Waals surface area contributed by atoms with E-state index in [1.54, 1.807) is 24.0 Å². The van der Waals surface area contributed by atoms with Gasteiger partial charge in [0.25, 0.3) is 5.91 Å². The Hall–Kier alpha value is -3.51. The van der Waals surface area contributed by atoms with Crippen LogP contribution in [0.4, 0.5) is 10.1 Å². The van der Waals surface area contributed by atoms with Crippen molar-refractivity contribution >= 4 is 17.5 Å². The van der Waals surface area contributed by atoms with Crippen molar-refractivity contribution in [3.63, 3.8) is 0 Å². The Kier molecular flexibility index (Phi) is 9.55. The number of halogens is 1. The number of benzene rings is 3. The van der Waals surface area contributed by atoms with Gasteiger partial charge in [-0.15, -0.1) is 0 Å². The smallest absolute Gasteiger partial charge is 0.257 e. The number of anilines is 1. The van der Waals surface area contributed by atoms with Gasteiger partial charge in [-0.2, -0.15) is 0 Å². The molecule has 2 heterocycles. The lowest BCUT2D eigenvalue weighted by molar-refractivity contribution is -0.123. The number of nitrogens with one attached hydrogen (secondary N) is 1. The van der Waals surface area contributed by atoms with E-state index in [2.05, 4.69) is 82.1 Å². The van der Waals surface area contributed by atoms with Crippen molar-refractivity contribution in [1.29, 1.82) is 0 Å². The standard InChI is InChI=1S/C39H50FN3O2/c1-26-12-8-16-32(40)34(26)37(45)43-23-10-15-31(36(44)41-30-14-9-13-29(24-30)38(2,3)4)35(43)28-20-18-27(19-21-28)25-42-22-11-17-33(42)39(5,6)7/h8-9,12-14,16,18-21,24,31,33,35H,10-11,15,17,22-23,25H2,1-7H3,(H,41,44)/t31-,33?,35-/m0/s1. The molecule has 0 saturated carbocycles. The minimum atomic E-state index is -0.529. The molecule has 0 aliphatic carbocycles. The minimum Gasteiger partial charge on any atom is -0.331 e. The average molecular weight is 612 g/mol. The number of rotatable bonds is 6. The van der Waals surface area contributed by atoms with Crippen molar-refractivity contribution in [3.05, 3.63) is 100 Å². The Labute approximate surface area is 269 Å². The van der Waals surface area contributed by atoms with E-state index in [1.807, 2.05) is 18.2 Å². The highest BCUT2D eigenvalue weighted by molar-refractivity contribution is 5.98. The van der Waals surface area contributed by atoms with Gasteiger partial charge in [-0.25, -0.2) is 4.39 Å². The molecule has 1 N–H and O–H groups in total. The highest BCUT2D eigenvalue weighted by Crippen LogP contribution is 2.39. The number of piperidine rings is 1. The minimum absolute atomic E-state index is 0.0569. The monoisotopic (exact) mass is 611 g/mol. The van der Waals surface area contributed by atoms with Crippen LogP contribution < -0.4 is 5.32 Å². The van der Waals surface area contributed by atoms with Crippen LogP contribution in [0.5, 0.6) is 0 Å². The van der Waals surface area contributed by atoms with Crippen LogP contribution in [0.15, 0.2) is 66.7 Å². The van der Waals surface area contributed by atoms with Crippen LogP contribution in [-0.2, 0) is 16.8 Å². The van der Waals surface area contributed by atoms with Gasteiger partial charge < -0.3 is 10.2 Å². The molecule has 2 saturated heterocycles. The van der Waals surface area contributed by atoms with Gasteiger partial charge in [0, 0.05) is 24.8 Å². The third kappa shape index (κ3) is 7.33. The van der Waals surface area contributed by atoms with E-state index in [-0.39, 0.29) is 28.2 Å². The second-order valence-electron chi connectivity index (χ2n) is 15.2. The zero-order valence-electron chi connectivity index (χ0n) is 28.1. The van der Waals surface area contributed by atoms with Crippen LogP contribution in [0.25, 0.3) is 0 Å². The fourth-order valence-corrected chi connectivity index (χ4v) is 7.31. The largest absolute Gasteiger partial charge is 0.331 e. The second kappa shape index (κ2) is 13.1. The molecule has 3 atom stereocenters. The van der Waals surface area contributed by atoms with Gasteiger partial charge in [-0.3, -0.25) is 14.5 Å². The average Bonchev–Trinajstić information content (AvgIpc) is 3.46. The van der Waals surface area contributed by atoms with E-state index in [1.165, 1.54) is 24.5 Å². The molecule has 240 valence electrons. The first-order valence-electron chi connectivity index (χ1n) is 16.5. The van der Waals surface area contributed by atoms with E-state index in [0.717, 1.165) is 29.9 Å². The topological polar surface area (TPSA) is 52.7 Å². The molecular formula is C39H50FN3O2. The number of carbonyl (C=O) groups is 2. The molecule has 3 aromatic rings. The van der Waals surface area contributed by atoms with E-state index >= 15 is 4.39 Å². The lowest BCUT2D eigenvalue weighted by atomic mass is 9.82. The summed E-state index contributed by atoms with van der Waals surface area (Å²) in [5.41, 5.74) is 4.84. The molecule has 5 rings (SSSR count). The summed E-state index contributed by atoms with van der Waals surface area (Å²) in [6.45, 7) is 17.6. The SMILES string of the molecule is Cc1cccc(F)c1C(=O)N1CCC[C@H](C(=O)Nc2cccc(C(C)(C)C)c2)[C@@H]1c1ccc(CN2CCCC2C(C)(C)C)cc1. The zero-order chi connectivity index (χ0) is 32.5. The van der Waals surface area contributed by atoms with Crippen LogP contribution in [0, 0.1) is 24.1 Å². The summed E-state index contributed by atoms with van der Waals surface area (Å²) in [5.74, 6) is -1.50. The van der Waals surface area contributed by atoms with Gasteiger partial charge in [0.05, 0.1) is 17.5 Å². The van der Waals surface area contributed by atoms with Gasteiger partial charge in [0.2, 0.25) is 5.91 Å². The number of nitrogens with zero attached hydrogens (tertiary/aromatic N) is 2. The molecule has 2 fully saturated rings. The predicted octanol–water partition coefficient (Wildman–Crippen LogP) is 8.67. The molecule has 1 unspecified atom stereocenters. The Morgan fingerprint density at radius 2 is 1.58 bits per heavy atom. The molecule has 2 amide bonds. The van der Waals surface area contributed by atoms with Crippen molar-refractivity contribution in [2.75, 3.05) is 18.4 Å². The maximum atomic E-state index is 15.1. The third-order valence-electron chi connectivity index (χ3n) is 9.73. The van der Waals surface area contributed by atoms with Crippen LogP contribution in [-0.4, -0.2) is 40.7 Å². The molecule has 3 aromatic carbocycles. The summed E-state index contributed by atoms with van der Waals surface area (Å²) < 4.78 is 15.1. The van der Waals surface area contributed by atoms with Crippen molar-refractivity contribution in [1.82, 2.24) is 9.80 Å². The molecule has 6 heteroatoms. The molecule has 2 aliphatic rings. The first kappa shape index (κ1) is 32.9. The Bertz CT molecular complexity index is 1500. The summed E-state index contributed by atoms with van der Waals surface area (Å²) in [5, 5.41) is 3.17. The molecule has 0 bridgehead atoms. The first-order chi connectivity index (χ1) is 21.2. The Morgan fingerprint density at radius 1 is 0.889 bits per heavy atom. The first-order valence-corrected chi connectivity index (χ1v) is 16.5. The normalized spacial score (nSPS) is 21.2. The number of likely N-dealkylation sites (tertiary alicyclic amines) is 2. The molecule has 0 radical (unpaired) electrons. The third-order valence-corrected chi connectivity index (χ3v) is 9.73. The summed E-state index contributed by atoms with van der Waals surface area (Å²) >= 11 is 0. The van der Waals surface area contributed by atoms with E-state index in [9.17, 15) is 9.59 Å². The van der Waals surface area contributed by atoms with Crippen LogP contribution in [0.1, 0.15) is 106 Å². The van der Waals surface area contributed by atoms with Gasteiger partial charge in [0.1, 0.15) is 5.82 Å². The van der Waals surface area contributed by atoms with Crippen molar-refractivity contribution in [3.8, 4) is 0 Å². The van der Waals surface area contributed by atoms with Crippen LogP contribution >= 0.6 is 0 Å². The molecule has 0 spiro atoms. The van der Waals surface area contributed by atoms with Crippen molar-refractivity contribution in [2.45, 2.75) is 98.2 Å². The van der Waals surface area contributed by atoms with Gasteiger partial charge in [0.15, 0.2) is 0 Å². The Balaban J connectivity index is 1.46. The fraction of sp³-hybridized carbons (Fsp3) is 0.487. The van der Waals surface area contributed by atoms with E-state index < -0.39 is 17.8 Å². The quantitative estimate of drug-likeness (QED) is 0.303. The summed E-state index contributed by atoms with van der Waals surface area (Å²) in [6.07, 6.45) is 3.73. The lowest BCUT2D eigenvalue weighted by Gasteiger charge is -2.41. The number of hydrogen-bond acceptors (Lipinski definition) is 3. The van der Waals surface area contributed by atoms with Crippen molar-refractivity contribution in [2.24, 2.45) is 11.3 Å². The highest BCUT2D eigenvalue weighted by Gasteiger charge is 2.41. The maximum absolute atomic E-state index is 15.1. The summed E-state index contributed by atoms with van der Waals surface area (Å²) in [6, 6.07) is 21.2. The van der Waals surface area contributed by atoms with Gasteiger partial charge in [-0.05, 0) is 90.4 Å². The van der Waals surface area contributed by atoms with Gasteiger partial charge >= 0.3 is 0 Å². The number of aryl methyl sites for hydroxylation is 1. The van der Waals surface area contributed by atoms with Crippen molar-refractivity contribution < 1.29 is 14.0 Å². The number of hydrogen-bond donors (Lipinski definition) is 1. The predicted molar refractivity (Wildman–Crippen MR) is 181 cm³/mol. The van der Waals surface area contributed by atoms with Crippen LogP contribution in [0.3, 0.4) is 0 Å². The number of carbonyl (C=O) groups excluding carboxylic acids is 2. The number of amides is 2. The molecule has 45 heavy (non-hydrogen) atoms. The van der Waals surface area contributed by atoms with Crippen LogP contribution in [0.2, 0.25) is 0 Å². The summed E-state index contributed by atoms with van der Waals surface area (Å²) in [4.78, 5) is 32.4. The van der Waals surface area contributed by atoms with Gasteiger partial charge in [-0.1, -0.05) is 90.1 Å². The molecule has 0 aromatic heterocycles. The fourth-order valence-electron chi connectivity index (χ4n) is 7.31. The Morgan fingerprint density at radius 3 is 2.24 bits per heavy atom. The highest BCUT2D eigenvalue weighted by atomic mass is 19.1. The maximum Gasteiger partial charge on any atom is 0.257 e. The van der Waals surface area contributed by atoms with E-state index in [0.29, 0.717) is 31.0 Å². The lowest BCUT2D eigenvalue weighted by Crippen LogP contribution is -2.46. The summed E-state index contributed by atoms with van der Waals surface area (Å²) in [7, 11) is 0. The zero-order valence-corrected chi connectivity index (χ0v) is 28.1. The van der Waals surface area contributed by atoms with E-state index in [4.69, 9.17) is 0 Å².